The maximum atomic E-state index is 6.28. The summed E-state index contributed by atoms with van der Waals surface area (Å²) in [5.74, 6) is 2.64. The molecule has 0 bridgehead atoms. The Labute approximate surface area is 120 Å². The van der Waals surface area contributed by atoms with Crippen LogP contribution in [-0.4, -0.2) is 13.2 Å². The van der Waals surface area contributed by atoms with Crippen molar-refractivity contribution in [2.45, 2.75) is 39.2 Å². The summed E-state index contributed by atoms with van der Waals surface area (Å²) in [6.45, 7) is 6.38. The van der Waals surface area contributed by atoms with Gasteiger partial charge in [-0.25, -0.2) is 0 Å². The molecule has 1 aromatic rings. The van der Waals surface area contributed by atoms with Crippen molar-refractivity contribution in [3.8, 4) is 5.75 Å². The molecule has 2 aliphatic rings. The molecule has 3 rings (SSSR count). The quantitative estimate of drug-likeness (QED) is 0.880. The van der Waals surface area contributed by atoms with Crippen molar-refractivity contribution in [2.24, 2.45) is 11.8 Å². The zero-order chi connectivity index (χ0) is 13.4. The van der Waals surface area contributed by atoms with Crippen LogP contribution in [-0.2, 0) is 6.42 Å². The molecule has 1 heterocycles. The molecule has 3 atom stereocenters. The van der Waals surface area contributed by atoms with Crippen molar-refractivity contribution < 1.29 is 4.74 Å². The lowest BCUT2D eigenvalue weighted by Gasteiger charge is -2.22. The first kappa shape index (κ1) is 13.3. The Kier molecular flexibility index (Phi) is 3.72. The van der Waals surface area contributed by atoms with Crippen molar-refractivity contribution in [2.75, 3.05) is 13.2 Å². The lowest BCUT2D eigenvalue weighted by atomic mass is 9.97. The molecular weight excluding hydrogens is 258 g/mol. The topological polar surface area (TPSA) is 21.3 Å². The van der Waals surface area contributed by atoms with E-state index in [4.69, 9.17) is 16.3 Å². The van der Waals surface area contributed by atoms with E-state index in [9.17, 15) is 0 Å². The summed E-state index contributed by atoms with van der Waals surface area (Å²) in [5, 5.41) is 4.54. The lowest BCUT2D eigenvalue weighted by Crippen LogP contribution is -2.25. The number of hydrogen-bond acceptors (Lipinski definition) is 2. The van der Waals surface area contributed by atoms with Crippen LogP contribution in [0.25, 0.3) is 0 Å². The summed E-state index contributed by atoms with van der Waals surface area (Å²) >= 11 is 6.28. The monoisotopic (exact) mass is 279 g/mol. The average molecular weight is 280 g/mol. The van der Waals surface area contributed by atoms with Crippen LogP contribution >= 0.6 is 11.6 Å². The van der Waals surface area contributed by atoms with Gasteiger partial charge in [-0.05, 0) is 48.9 Å². The van der Waals surface area contributed by atoms with Gasteiger partial charge in [0, 0.05) is 23.0 Å². The summed E-state index contributed by atoms with van der Waals surface area (Å²) in [6, 6.07) is 4.56. The number of halogens is 1. The predicted molar refractivity (Wildman–Crippen MR) is 79.0 cm³/mol. The first-order valence-electron chi connectivity index (χ1n) is 7.39. The van der Waals surface area contributed by atoms with Gasteiger partial charge in [0.05, 0.1) is 6.61 Å². The average Bonchev–Trinajstić information content (AvgIpc) is 2.90. The molecule has 1 aliphatic heterocycles. The third kappa shape index (κ3) is 2.61. The Hall–Kier alpha value is -0.730. The van der Waals surface area contributed by atoms with Gasteiger partial charge in [-0.3, -0.25) is 0 Å². The number of hydrogen-bond donors (Lipinski definition) is 1. The fraction of sp³-hybridized carbons (Fsp3) is 0.625. The van der Waals surface area contributed by atoms with Crippen LogP contribution in [0.3, 0.4) is 0 Å². The van der Waals surface area contributed by atoms with Crippen molar-refractivity contribution in [1.82, 2.24) is 5.32 Å². The summed E-state index contributed by atoms with van der Waals surface area (Å²) in [6.07, 6.45) is 3.45. The zero-order valence-electron chi connectivity index (χ0n) is 11.7. The van der Waals surface area contributed by atoms with E-state index >= 15 is 0 Å². The number of rotatable bonds is 5. The molecule has 1 N–H and O–H groups in total. The van der Waals surface area contributed by atoms with Crippen LogP contribution in [0.2, 0.25) is 5.02 Å². The second-order valence-electron chi connectivity index (χ2n) is 5.89. The third-order valence-electron chi connectivity index (χ3n) is 4.33. The molecule has 1 aromatic carbocycles. The molecule has 0 spiro atoms. The van der Waals surface area contributed by atoms with Crippen LogP contribution in [0.15, 0.2) is 12.1 Å². The minimum absolute atomic E-state index is 0.403. The van der Waals surface area contributed by atoms with E-state index in [-0.39, 0.29) is 0 Å². The Morgan fingerprint density at radius 2 is 2.26 bits per heavy atom. The molecular formula is C16H22ClNO. The largest absolute Gasteiger partial charge is 0.493 e. The summed E-state index contributed by atoms with van der Waals surface area (Å²) < 4.78 is 5.86. The molecule has 0 saturated heterocycles. The van der Waals surface area contributed by atoms with Gasteiger partial charge in [-0.1, -0.05) is 25.4 Å². The number of ether oxygens (including phenoxy) is 1. The van der Waals surface area contributed by atoms with E-state index < -0.39 is 0 Å². The second-order valence-corrected chi connectivity index (χ2v) is 6.33. The molecule has 0 amide bonds. The standard InChI is InChI=1S/C16H22ClNO/c1-3-5-18-15(13-7-10(13)2)14-9-12(17)8-11-4-6-19-16(11)14/h8-10,13,15,18H,3-7H2,1-2H3. The molecule has 104 valence electrons. The molecule has 0 radical (unpaired) electrons. The maximum absolute atomic E-state index is 6.28. The molecule has 1 fully saturated rings. The number of fused-ring (bicyclic) bond motifs is 1. The third-order valence-corrected chi connectivity index (χ3v) is 4.54. The molecule has 1 saturated carbocycles. The first-order valence-corrected chi connectivity index (χ1v) is 7.77. The number of nitrogens with one attached hydrogen (secondary N) is 1. The van der Waals surface area contributed by atoms with E-state index in [1.165, 1.54) is 17.5 Å². The van der Waals surface area contributed by atoms with Crippen molar-refractivity contribution in [1.29, 1.82) is 0 Å². The Balaban J connectivity index is 1.93. The van der Waals surface area contributed by atoms with Crippen molar-refractivity contribution in [3.63, 3.8) is 0 Å². The van der Waals surface area contributed by atoms with Gasteiger partial charge in [0.25, 0.3) is 0 Å². The van der Waals surface area contributed by atoms with Gasteiger partial charge in [-0.2, -0.15) is 0 Å². The molecule has 2 nitrogen and oxygen atoms in total. The van der Waals surface area contributed by atoms with Crippen LogP contribution in [0.1, 0.15) is 43.9 Å². The Morgan fingerprint density at radius 1 is 1.47 bits per heavy atom. The normalized spacial score (nSPS) is 25.8. The zero-order valence-corrected chi connectivity index (χ0v) is 12.5. The van der Waals surface area contributed by atoms with E-state index in [1.54, 1.807) is 0 Å². The summed E-state index contributed by atoms with van der Waals surface area (Å²) in [7, 11) is 0. The van der Waals surface area contributed by atoms with E-state index in [0.717, 1.165) is 48.6 Å². The van der Waals surface area contributed by atoms with Crippen LogP contribution in [0.4, 0.5) is 0 Å². The van der Waals surface area contributed by atoms with Crippen LogP contribution in [0.5, 0.6) is 5.75 Å². The Morgan fingerprint density at radius 3 is 2.95 bits per heavy atom. The van der Waals surface area contributed by atoms with Gasteiger partial charge in [0.2, 0.25) is 0 Å². The number of benzene rings is 1. The molecule has 19 heavy (non-hydrogen) atoms. The SMILES string of the molecule is CCCNC(c1cc(Cl)cc2c1OCC2)C1CC1C. The van der Waals surface area contributed by atoms with Gasteiger partial charge >= 0.3 is 0 Å². The smallest absolute Gasteiger partial charge is 0.127 e. The van der Waals surface area contributed by atoms with E-state index in [1.807, 2.05) is 0 Å². The second kappa shape index (κ2) is 5.34. The molecule has 0 aromatic heterocycles. The van der Waals surface area contributed by atoms with E-state index in [2.05, 4.69) is 31.3 Å². The highest BCUT2D eigenvalue weighted by Gasteiger charge is 2.41. The molecule has 1 aliphatic carbocycles. The highest BCUT2D eigenvalue weighted by molar-refractivity contribution is 6.30. The Bertz CT molecular complexity index is 474. The minimum Gasteiger partial charge on any atom is -0.493 e. The van der Waals surface area contributed by atoms with Crippen molar-refractivity contribution >= 4 is 11.6 Å². The summed E-state index contributed by atoms with van der Waals surface area (Å²) in [5.41, 5.74) is 2.56. The van der Waals surface area contributed by atoms with E-state index in [0.29, 0.717) is 6.04 Å². The highest BCUT2D eigenvalue weighted by Crippen LogP contribution is 2.50. The van der Waals surface area contributed by atoms with Gasteiger partial charge in [-0.15, -0.1) is 0 Å². The van der Waals surface area contributed by atoms with Crippen LogP contribution in [0, 0.1) is 11.8 Å². The predicted octanol–water partition coefficient (Wildman–Crippen LogP) is 3.97. The lowest BCUT2D eigenvalue weighted by molar-refractivity contribution is 0.344. The molecule has 3 heteroatoms. The summed E-state index contributed by atoms with van der Waals surface area (Å²) in [4.78, 5) is 0. The van der Waals surface area contributed by atoms with Gasteiger partial charge in [0.15, 0.2) is 0 Å². The first-order chi connectivity index (χ1) is 9.20. The molecule has 3 unspecified atom stereocenters. The van der Waals surface area contributed by atoms with Gasteiger partial charge in [0.1, 0.15) is 5.75 Å². The maximum Gasteiger partial charge on any atom is 0.127 e. The fourth-order valence-electron chi connectivity index (χ4n) is 3.14. The minimum atomic E-state index is 0.403. The van der Waals surface area contributed by atoms with Crippen molar-refractivity contribution in [3.05, 3.63) is 28.3 Å². The van der Waals surface area contributed by atoms with Crippen LogP contribution < -0.4 is 10.1 Å². The highest BCUT2D eigenvalue weighted by atomic mass is 35.5. The fourth-order valence-corrected chi connectivity index (χ4v) is 3.39. The van der Waals surface area contributed by atoms with Gasteiger partial charge < -0.3 is 10.1 Å².